The Morgan fingerprint density at radius 3 is 2.54 bits per heavy atom. The van der Waals surface area contributed by atoms with Crippen molar-refractivity contribution in [2.24, 2.45) is 0 Å². The standard InChI is InChI=1S/C20H30N2O4/c1-6-8-19(24)21-10-7-9-17(21)20(25)26-12-18(23)16-11-14(4)22(13(2)3)15(16)5/h11,13,17H,6-10,12H2,1-5H3. The molecule has 1 aliphatic rings. The Morgan fingerprint density at radius 2 is 1.96 bits per heavy atom. The van der Waals surface area contributed by atoms with Gasteiger partial charge < -0.3 is 14.2 Å². The number of hydrogen-bond donors (Lipinski definition) is 0. The largest absolute Gasteiger partial charge is 0.456 e. The number of aromatic nitrogens is 1. The molecular formula is C20H30N2O4. The van der Waals surface area contributed by atoms with Crippen molar-refractivity contribution in [2.45, 2.75) is 72.4 Å². The van der Waals surface area contributed by atoms with E-state index in [2.05, 4.69) is 18.4 Å². The number of carbonyl (C=O) groups excluding carboxylic acids is 3. The molecule has 1 saturated heterocycles. The molecule has 1 unspecified atom stereocenters. The SMILES string of the molecule is CCCC(=O)N1CCCC1C(=O)OCC(=O)c1cc(C)n(C(C)C)c1C. The van der Waals surface area contributed by atoms with Crippen molar-refractivity contribution in [3.8, 4) is 0 Å². The van der Waals surface area contributed by atoms with E-state index < -0.39 is 12.0 Å². The highest BCUT2D eigenvalue weighted by atomic mass is 16.5. The van der Waals surface area contributed by atoms with Crippen LogP contribution in [-0.2, 0) is 14.3 Å². The molecule has 0 aliphatic carbocycles. The molecule has 6 nitrogen and oxygen atoms in total. The first-order valence-corrected chi connectivity index (χ1v) is 9.45. The predicted molar refractivity (Wildman–Crippen MR) is 99.2 cm³/mol. The zero-order valence-electron chi connectivity index (χ0n) is 16.5. The van der Waals surface area contributed by atoms with E-state index in [1.807, 2.05) is 26.8 Å². The van der Waals surface area contributed by atoms with Crippen LogP contribution in [-0.4, -0.2) is 46.3 Å². The van der Waals surface area contributed by atoms with Crippen LogP contribution in [0.15, 0.2) is 6.07 Å². The van der Waals surface area contributed by atoms with Gasteiger partial charge in [0.05, 0.1) is 0 Å². The molecule has 0 saturated carbocycles. The summed E-state index contributed by atoms with van der Waals surface area (Å²) in [5.74, 6) is -0.695. The zero-order valence-corrected chi connectivity index (χ0v) is 16.5. The molecule has 2 heterocycles. The molecule has 1 atom stereocenters. The van der Waals surface area contributed by atoms with Crippen molar-refractivity contribution in [1.29, 1.82) is 0 Å². The van der Waals surface area contributed by atoms with Crippen molar-refractivity contribution < 1.29 is 19.1 Å². The molecule has 0 N–H and O–H groups in total. The fourth-order valence-corrected chi connectivity index (χ4v) is 3.83. The zero-order chi connectivity index (χ0) is 19.4. The van der Waals surface area contributed by atoms with Gasteiger partial charge in [0.15, 0.2) is 6.61 Å². The van der Waals surface area contributed by atoms with E-state index in [9.17, 15) is 14.4 Å². The van der Waals surface area contributed by atoms with Crippen molar-refractivity contribution in [3.63, 3.8) is 0 Å². The number of ether oxygens (including phenoxy) is 1. The fourth-order valence-electron chi connectivity index (χ4n) is 3.83. The minimum Gasteiger partial charge on any atom is -0.456 e. The Bertz CT molecular complexity index is 690. The minimum atomic E-state index is -0.551. The van der Waals surface area contributed by atoms with Gasteiger partial charge in [-0.05, 0) is 53.0 Å². The van der Waals surface area contributed by atoms with Crippen molar-refractivity contribution in [3.05, 3.63) is 23.0 Å². The number of carbonyl (C=O) groups is 3. The van der Waals surface area contributed by atoms with E-state index in [4.69, 9.17) is 4.74 Å². The smallest absolute Gasteiger partial charge is 0.329 e. The highest BCUT2D eigenvalue weighted by Gasteiger charge is 2.35. The average molecular weight is 362 g/mol. The van der Waals surface area contributed by atoms with Gasteiger partial charge in [-0.3, -0.25) is 9.59 Å². The fraction of sp³-hybridized carbons (Fsp3) is 0.650. The molecular weight excluding hydrogens is 332 g/mol. The van der Waals surface area contributed by atoms with E-state index in [0.29, 0.717) is 24.9 Å². The van der Waals surface area contributed by atoms with Crippen LogP contribution in [0.4, 0.5) is 0 Å². The van der Waals surface area contributed by atoms with Gasteiger partial charge in [-0.2, -0.15) is 0 Å². The molecule has 1 amide bonds. The highest BCUT2D eigenvalue weighted by Crippen LogP contribution is 2.22. The number of amides is 1. The van der Waals surface area contributed by atoms with E-state index >= 15 is 0 Å². The Balaban J connectivity index is 2.00. The van der Waals surface area contributed by atoms with Gasteiger partial charge in [0.1, 0.15) is 6.04 Å². The van der Waals surface area contributed by atoms with Crippen molar-refractivity contribution in [1.82, 2.24) is 9.47 Å². The second-order valence-electron chi connectivity index (χ2n) is 7.27. The molecule has 6 heteroatoms. The normalized spacial score (nSPS) is 17.0. The monoisotopic (exact) mass is 362 g/mol. The predicted octanol–water partition coefficient (Wildman–Crippen LogP) is 3.20. The lowest BCUT2D eigenvalue weighted by Gasteiger charge is -2.23. The van der Waals surface area contributed by atoms with Crippen LogP contribution in [0.3, 0.4) is 0 Å². The first-order chi connectivity index (χ1) is 12.3. The van der Waals surface area contributed by atoms with Gasteiger partial charge >= 0.3 is 5.97 Å². The molecule has 0 bridgehead atoms. The van der Waals surface area contributed by atoms with Crippen molar-refractivity contribution in [2.75, 3.05) is 13.2 Å². The highest BCUT2D eigenvalue weighted by molar-refractivity contribution is 5.99. The topological polar surface area (TPSA) is 68.6 Å². The lowest BCUT2D eigenvalue weighted by molar-refractivity contribution is -0.152. The number of hydrogen-bond acceptors (Lipinski definition) is 4. The number of rotatable bonds is 7. The number of likely N-dealkylation sites (tertiary alicyclic amines) is 1. The molecule has 26 heavy (non-hydrogen) atoms. The summed E-state index contributed by atoms with van der Waals surface area (Å²) in [5.41, 5.74) is 2.49. The number of nitrogens with zero attached hydrogens (tertiary/aromatic N) is 2. The van der Waals surface area contributed by atoms with Crippen LogP contribution >= 0.6 is 0 Å². The van der Waals surface area contributed by atoms with Crippen LogP contribution in [0.1, 0.15) is 74.2 Å². The number of ketones is 1. The van der Waals surface area contributed by atoms with Gasteiger partial charge in [-0.25, -0.2) is 4.79 Å². The summed E-state index contributed by atoms with van der Waals surface area (Å²) >= 11 is 0. The molecule has 0 aromatic carbocycles. The molecule has 1 aromatic rings. The van der Waals surface area contributed by atoms with Gasteiger partial charge in [0, 0.05) is 36.0 Å². The number of aryl methyl sites for hydroxylation is 1. The number of esters is 1. The van der Waals surface area contributed by atoms with Gasteiger partial charge in [-0.15, -0.1) is 0 Å². The molecule has 0 spiro atoms. The molecule has 1 aromatic heterocycles. The van der Waals surface area contributed by atoms with Gasteiger partial charge in [0.2, 0.25) is 11.7 Å². The minimum absolute atomic E-state index is 0.0150. The maximum absolute atomic E-state index is 12.5. The lowest BCUT2D eigenvalue weighted by atomic mass is 10.1. The summed E-state index contributed by atoms with van der Waals surface area (Å²) < 4.78 is 7.37. The van der Waals surface area contributed by atoms with E-state index in [-0.39, 0.29) is 24.3 Å². The van der Waals surface area contributed by atoms with Crippen LogP contribution < -0.4 is 0 Å². The Hall–Kier alpha value is -2.11. The summed E-state index contributed by atoms with van der Waals surface area (Å²) in [6.45, 7) is 10.2. The average Bonchev–Trinajstić information content (AvgIpc) is 3.17. The van der Waals surface area contributed by atoms with Crippen LogP contribution in [0.5, 0.6) is 0 Å². The Morgan fingerprint density at radius 1 is 1.27 bits per heavy atom. The first-order valence-electron chi connectivity index (χ1n) is 9.45. The summed E-state index contributed by atoms with van der Waals surface area (Å²) in [7, 11) is 0. The quantitative estimate of drug-likeness (QED) is 0.552. The molecule has 0 radical (unpaired) electrons. The van der Waals surface area contributed by atoms with Crippen molar-refractivity contribution >= 4 is 17.7 Å². The summed E-state index contributed by atoms with van der Waals surface area (Å²) in [4.78, 5) is 38.6. The maximum atomic E-state index is 12.5. The van der Waals surface area contributed by atoms with Crippen LogP contribution in [0.2, 0.25) is 0 Å². The third-order valence-corrected chi connectivity index (χ3v) is 4.96. The molecule has 1 fully saturated rings. The lowest BCUT2D eigenvalue weighted by Crippen LogP contribution is -2.41. The van der Waals surface area contributed by atoms with E-state index in [1.165, 1.54) is 0 Å². The third kappa shape index (κ3) is 4.17. The molecule has 144 valence electrons. The van der Waals surface area contributed by atoms with Gasteiger partial charge in [-0.1, -0.05) is 6.92 Å². The Kier molecular flexibility index (Phi) is 6.62. The summed E-state index contributed by atoms with van der Waals surface area (Å²) in [6.07, 6.45) is 2.58. The van der Waals surface area contributed by atoms with E-state index in [0.717, 1.165) is 24.2 Å². The Labute approximate surface area is 155 Å². The second-order valence-corrected chi connectivity index (χ2v) is 7.27. The molecule has 1 aliphatic heterocycles. The van der Waals surface area contributed by atoms with Crippen LogP contribution in [0, 0.1) is 13.8 Å². The van der Waals surface area contributed by atoms with Gasteiger partial charge in [0.25, 0.3) is 0 Å². The van der Waals surface area contributed by atoms with Crippen LogP contribution in [0.25, 0.3) is 0 Å². The summed E-state index contributed by atoms with van der Waals surface area (Å²) in [5, 5.41) is 0. The van der Waals surface area contributed by atoms with E-state index in [1.54, 1.807) is 4.90 Å². The summed E-state index contributed by atoms with van der Waals surface area (Å²) in [6, 6.07) is 1.55. The second kappa shape index (κ2) is 8.52. The number of Topliss-reactive ketones (excluding diaryl/α,β-unsaturated/α-hetero) is 1. The maximum Gasteiger partial charge on any atom is 0.329 e. The first kappa shape index (κ1) is 20.2. The third-order valence-electron chi connectivity index (χ3n) is 4.96. The molecule has 2 rings (SSSR count).